The first-order valence-electron chi connectivity index (χ1n) is 7.15. The van der Waals surface area contributed by atoms with E-state index in [1.165, 1.54) is 12.8 Å². The molecule has 4 nitrogen and oxygen atoms in total. The number of nitrogens with two attached hydrogens (primary N) is 1. The molecular weight excluding hydrogens is 288 g/mol. The van der Waals surface area contributed by atoms with Gasteiger partial charge in [-0.2, -0.15) is 0 Å². The summed E-state index contributed by atoms with van der Waals surface area (Å²) in [6.45, 7) is 2.08. The highest BCUT2D eigenvalue weighted by Gasteiger charge is 2.17. The highest BCUT2D eigenvalue weighted by atomic mass is 19.1. The molecule has 0 spiro atoms. The fourth-order valence-corrected chi connectivity index (χ4v) is 2.63. The van der Waals surface area contributed by atoms with Crippen molar-refractivity contribution in [3.63, 3.8) is 0 Å². The number of rotatable bonds is 3. The molecule has 1 aliphatic rings. The Bertz CT molecular complexity index is 683. The summed E-state index contributed by atoms with van der Waals surface area (Å²) in [6, 6.07) is 8.36. The molecule has 0 atom stereocenters. The van der Waals surface area contributed by atoms with Crippen molar-refractivity contribution in [2.45, 2.75) is 12.8 Å². The predicted molar refractivity (Wildman–Crippen MR) is 83.6 cm³/mol. The van der Waals surface area contributed by atoms with Crippen LogP contribution in [-0.4, -0.2) is 18.2 Å². The Labute approximate surface area is 127 Å². The first-order chi connectivity index (χ1) is 10.6. The maximum atomic E-state index is 13.9. The largest absolute Gasteiger partial charge is 0.503 e. The van der Waals surface area contributed by atoms with Crippen LogP contribution in [0.25, 0.3) is 0 Å². The lowest BCUT2D eigenvalue weighted by molar-refractivity contribution is 0.398. The van der Waals surface area contributed by atoms with Crippen molar-refractivity contribution in [3.8, 4) is 5.75 Å². The zero-order chi connectivity index (χ0) is 15.7. The molecular formula is C16H17F2N3O. The molecule has 4 N–H and O–H groups in total. The van der Waals surface area contributed by atoms with Gasteiger partial charge in [-0.1, -0.05) is 0 Å². The smallest absolute Gasteiger partial charge is 0.193 e. The molecule has 0 unspecified atom stereocenters. The van der Waals surface area contributed by atoms with Gasteiger partial charge in [-0.3, -0.25) is 0 Å². The van der Waals surface area contributed by atoms with Crippen molar-refractivity contribution in [1.29, 1.82) is 0 Å². The van der Waals surface area contributed by atoms with E-state index < -0.39 is 17.4 Å². The van der Waals surface area contributed by atoms with Crippen molar-refractivity contribution < 1.29 is 13.9 Å². The molecule has 1 saturated heterocycles. The Morgan fingerprint density at radius 3 is 2.36 bits per heavy atom. The Hall–Kier alpha value is -2.50. The first-order valence-corrected chi connectivity index (χ1v) is 7.15. The molecule has 0 saturated carbocycles. The molecule has 1 fully saturated rings. The van der Waals surface area contributed by atoms with E-state index in [9.17, 15) is 13.9 Å². The average Bonchev–Trinajstić information content (AvgIpc) is 3.04. The van der Waals surface area contributed by atoms with Crippen LogP contribution in [0.4, 0.5) is 31.5 Å². The summed E-state index contributed by atoms with van der Waals surface area (Å²) in [5.74, 6) is -3.21. The molecule has 2 aromatic rings. The topological polar surface area (TPSA) is 61.5 Å². The number of hydrogen-bond acceptors (Lipinski definition) is 4. The van der Waals surface area contributed by atoms with Crippen molar-refractivity contribution in [1.82, 2.24) is 0 Å². The van der Waals surface area contributed by atoms with Crippen LogP contribution in [0, 0.1) is 11.6 Å². The van der Waals surface area contributed by atoms with E-state index in [4.69, 9.17) is 5.73 Å². The van der Waals surface area contributed by atoms with E-state index in [1.54, 1.807) is 12.1 Å². The van der Waals surface area contributed by atoms with Crippen molar-refractivity contribution >= 4 is 22.7 Å². The summed E-state index contributed by atoms with van der Waals surface area (Å²) in [4.78, 5) is 2.28. The lowest BCUT2D eigenvalue weighted by atomic mass is 10.2. The van der Waals surface area contributed by atoms with Crippen LogP contribution < -0.4 is 16.0 Å². The molecule has 6 heteroatoms. The maximum Gasteiger partial charge on any atom is 0.193 e. The molecule has 3 rings (SSSR count). The Kier molecular flexibility index (Phi) is 3.75. The number of benzene rings is 2. The molecule has 0 aromatic heterocycles. The Balaban J connectivity index is 1.83. The van der Waals surface area contributed by atoms with E-state index in [0.717, 1.165) is 24.8 Å². The zero-order valence-electron chi connectivity index (χ0n) is 11.9. The minimum Gasteiger partial charge on any atom is -0.503 e. The Morgan fingerprint density at radius 2 is 1.73 bits per heavy atom. The van der Waals surface area contributed by atoms with Crippen LogP contribution in [0.15, 0.2) is 30.3 Å². The van der Waals surface area contributed by atoms with Crippen LogP contribution >= 0.6 is 0 Å². The molecule has 22 heavy (non-hydrogen) atoms. The molecule has 116 valence electrons. The summed E-state index contributed by atoms with van der Waals surface area (Å²) in [5.41, 5.74) is 7.09. The van der Waals surface area contributed by atoms with E-state index in [-0.39, 0.29) is 11.4 Å². The molecule has 1 heterocycles. The third-order valence-electron chi connectivity index (χ3n) is 3.83. The van der Waals surface area contributed by atoms with E-state index in [1.807, 2.05) is 12.1 Å². The molecule has 0 amide bonds. The summed E-state index contributed by atoms with van der Waals surface area (Å²) >= 11 is 0. The fourth-order valence-electron chi connectivity index (χ4n) is 2.63. The van der Waals surface area contributed by atoms with Crippen LogP contribution in [0.1, 0.15) is 12.8 Å². The molecule has 0 bridgehead atoms. The molecule has 1 aliphatic heterocycles. The van der Waals surface area contributed by atoms with Crippen LogP contribution in [0.5, 0.6) is 5.75 Å². The van der Waals surface area contributed by atoms with E-state index in [2.05, 4.69) is 10.2 Å². The number of phenols is 1. The summed E-state index contributed by atoms with van der Waals surface area (Å²) in [5, 5.41) is 12.1. The van der Waals surface area contributed by atoms with E-state index >= 15 is 0 Å². The number of hydrogen-bond donors (Lipinski definition) is 3. The van der Waals surface area contributed by atoms with Gasteiger partial charge in [0.2, 0.25) is 0 Å². The number of nitrogens with one attached hydrogen (secondary N) is 1. The van der Waals surface area contributed by atoms with Crippen molar-refractivity contribution in [2.24, 2.45) is 0 Å². The zero-order valence-corrected chi connectivity index (χ0v) is 11.9. The predicted octanol–water partition coefficient (Wildman–Crippen LogP) is 3.60. The highest BCUT2D eigenvalue weighted by Crippen LogP contribution is 2.34. The van der Waals surface area contributed by atoms with Gasteiger partial charge in [-0.25, -0.2) is 8.78 Å². The van der Waals surface area contributed by atoms with Gasteiger partial charge in [0, 0.05) is 30.5 Å². The number of nitrogen functional groups attached to an aromatic ring is 1. The second-order valence-corrected chi connectivity index (χ2v) is 5.35. The lowest BCUT2D eigenvalue weighted by Crippen LogP contribution is -2.17. The first kappa shape index (κ1) is 14.4. The van der Waals surface area contributed by atoms with Gasteiger partial charge in [-0.15, -0.1) is 0 Å². The SMILES string of the molecule is Nc1cc(F)c(O)c(F)c1Nc1ccc(N2CCCC2)cc1. The molecule has 2 aromatic carbocycles. The number of halogens is 2. The van der Waals surface area contributed by atoms with Crippen molar-refractivity contribution in [3.05, 3.63) is 42.0 Å². The molecule has 0 radical (unpaired) electrons. The lowest BCUT2D eigenvalue weighted by Gasteiger charge is -2.18. The standard InChI is InChI=1S/C16H17F2N3O/c17-12-9-13(19)15(14(18)16(12)22)20-10-3-5-11(6-4-10)21-7-1-2-8-21/h3-6,9,20,22H,1-2,7-8,19H2. The van der Waals surface area contributed by atoms with Gasteiger partial charge in [-0.05, 0) is 37.1 Å². The third-order valence-corrected chi connectivity index (χ3v) is 3.83. The van der Waals surface area contributed by atoms with Gasteiger partial charge in [0.25, 0.3) is 0 Å². The normalized spacial score (nSPS) is 14.4. The molecule has 0 aliphatic carbocycles. The van der Waals surface area contributed by atoms with Crippen LogP contribution in [-0.2, 0) is 0 Å². The number of anilines is 4. The van der Waals surface area contributed by atoms with Crippen molar-refractivity contribution in [2.75, 3.05) is 29.0 Å². The van der Waals surface area contributed by atoms with Gasteiger partial charge in [0.1, 0.15) is 5.69 Å². The fraction of sp³-hybridized carbons (Fsp3) is 0.250. The minimum absolute atomic E-state index is 0.101. The summed E-state index contributed by atoms with van der Waals surface area (Å²) in [7, 11) is 0. The number of aromatic hydroxyl groups is 1. The van der Waals surface area contributed by atoms with Gasteiger partial charge < -0.3 is 21.1 Å². The second-order valence-electron chi connectivity index (χ2n) is 5.35. The highest BCUT2D eigenvalue weighted by molar-refractivity contribution is 5.75. The van der Waals surface area contributed by atoms with Gasteiger partial charge >= 0.3 is 0 Å². The average molecular weight is 305 g/mol. The monoisotopic (exact) mass is 305 g/mol. The van der Waals surface area contributed by atoms with Gasteiger partial charge in [0.15, 0.2) is 17.4 Å². The quantitative estimate of drug-likeness (QED) is 0.599. The Morgan fingerprint density at radius 1 is 1.09 bits per heavy atom. The van der Waals surface area contributed by atoms with E-state index in [0.29, 0.717) is 5.69 Å². The minimum atomic E-state index is -1.10. The van der Waals surface area contributed by atoms with Gasteiger partial charge in [0.05, 0.1) is 5.69 Å². The summed E-state index contributed by atoms with van der Waals surface area (Å²) in [6.07, 6.45) is 2.38. The second kappa shape index (κ2) is 5.71. The number of phenolic OH excluding ortho intramolecular Hbond substituents is 1. The third kappa shape index (κ3) is 2.64. The number of nitrogens with zero attached hydrogens (tertiary/aromatic N) is 1. The van der Waals surface area contributed by atoms with Crippen LogP contribution in [0.2, 0.25) is 0 Å². The maximum absolute atomic E-state index is 13.9. The summed E-state index contributed by atoms with van der Waals surface area (Å²) < 4.78 is 27.1. The van der Waals surface area contributed by atoms with Crippen LogP contribution in [0.3, 0.4) is 0 Å².